The third-order valence-corrected chi connectivity index (χ3v) is 2.61. The molecule has 1 unspecified atom stereocenters. The molecular formula is C11H10F3N3O. The second kappa shape index (κ2) is 4.77. The molecule has 0 aliphatic carbocycles. The van der Waals surface area contributed by atoms with Gasteiger partial charge in [-0.15, -0.1) is 0 Å². The summed E-state index contributed by atoms with van der Waals surface area (Å²) in [6, 6.07) is 1.78. The van der Waals surface area contributed by atoms with Crippen LogP contribution in [0, 0.1) is 17.5 Å². The molecule has 0 saturated carbocycles. The van der Waals surface area contributed by atoms with E-state index < -0.39 is 23.6 Å². The largest absolute Gasteiger partial charge is 0.388 e. The van der Waals surface area contributed by atoms with Crippen LogP contribution in [0.2, 0.25) is 0 Å². The van der Waals surface area contributed by atoms with Crippen LogP contribution in [-0.4, -0.2) is 19.9 Å². The number of aliphatic hydroxyl groups excluding tert-OH is 1. The zero-order chi connectivity index (χ0) is 13.3. The molecule has 1 heterocycles. The van der Waals surface area contributed by atoms with E-state index in [0.717, 1.165) is 12.1 Å². The fourth-order valence-electron chi connectivity index (χ4n) is 1.59. The Morgan fingerprint density at radius 1 is 1.28 bits per heavy atom. The highest BCUT2D eigenvalue weighted by atomic mass is 19.2. The maximum Gasteiger partial charge on any atom is 0.194 e. The van der Waals surface area contributed by atoms with Crippen molar-refractivity contribution < 1.29 is 18.3 Å². The van der Waals surface area contributed by atoms with Crippen LogP contribution in [-0.2, 0) is 13.5 Å². The number of benzene rings is 1. The summed E-state index contributed by atoms with van der Waals surface area (Å²) in [7, 11) is 1.61. The van der Waals surface area contributed by atoms with Gasteiger partial charge in [-0.05, 0) is 6.07 Å². The van der Waals surface area contributed by atoms with Gasteiger partial charge < -0.3 is 5.11 Å². The third-order valence-electron chi connectivity index (χ3n) is 2.61. The third kappa shape index (κ3) is 2.21. The Labute approximate surface area is 101 Å². The lowest BCUT2D eigenvalue weighted by molar-refractivity contribution is 0.168. The Morgan fingerprint density at radius 2 is 2.00 bits per heavy atom. The topological polar surface area (TPSA) is 50.9 Å². The molecule has 2 aromatic rings. The van der Waals surface area contributed by atoms with Gasteiger partial charge in [-0.2, -0.15) is 5.10 Å². The monoisotopic (exact) mass is 257 g/mol. The van der Waals surface area contributed by atoms with E-state index in [2.05, 4.69) is 10.1 Å². The van der Waals surface area contributed by atoms with Gasteiger partial charge in [0.25, 0.3) is 0 Å². The van der Waals surface area contributed by atoms with Gasteiger partial charge in [-0.1, -0.05) is 6.07 Å². The van der Waals surface area contributed by atoms with Crippen molar-refractivity contribution in [2.75, 3.05) is 0 Å². The van der Waals surface area contributed by atoms with Gasteiger partial charge in [0, 0.05) is 19.0 Å². The molecular weight excluding hydrogens is 247 g/mol. The van der Waals surface area contributed by atoms with Gasteiger partial charge >= 0.3 is 0 Å². The van der Waals surface area contributed by atoms with E-state index in [-0.39, 0.29) is 12.0 Å². The van der Waals surface area contributed by atoms with Crippen LogP contribution in [0.25, 0.3) is 0 Å². The van der Waals surface area contributed by atoms with Gasteiger partial charge in [0.15, 0.2) is 17.5 Å². The summed E-state index contributed by atoms with van der Waals surface area (Å²) in [4.78, 5) is 3.85. The maximum atomic E-state index is 13.4. The van der Waals surface area contributed by atoms with Gasteiger partial charge in [0.2, 0.25) is 0 Å². The second-order valence-electron chi connectivity index (χ2n) is 3.78. The first-order valence-corrected chi connectivity index (χ1v) is 5.15. The summed E-state index contributed by atoms with van der Waals surface area (Å²) in [5.41, 5.74) is -0.308. The molecule has 4 nitrogen and oxygen atoms in total. The lowest BCUT2D eigenvalue weighted by Gasteiger charge is -2.11. The number of aliphatic hydroxyl groups is 1. The first-order valence-electron chi connectivity index (χ1n) is 5.15. The summed E-state index contributed by atoms with van der Waals surface area (Å²) >= 11 is 0. The summed E-state index contributed by atoms with van der Waals surface area (Å²) in [6.07, 6.45) is -0.0784. The van der Waals surface area contributed by atoms with Crippen molar-refractivity contribution in [1.29, 1.82) is 0 Å². The van der Waals surface area contributed by atoms with Crippen LogP contribution in [0.1, 0.15) is 17.5 Å². The van der Waals surface area contributed by atoms with E-state index >= 15 is 0 Å². The number of nitrogens with zero attached hydrogens (tertiary/aromatic N) is 3. The summed E-state index contributed by atoms with van der Waals surface area (Å²) < 4.78 is 40.6. The smallest absolute Gasteiger partial charge is 0.194 e. The molecule has 0 fully saturated rings. The lowest BCUT2D eigenvalue weighted by Crippen LogP contribution is -2.10. The molecule has 0 amide bonds. The fraction of sp³-hybridized carbons (Fsp3) is 0.273. The molecule has 0 saturated heterocycles. The Bertz CT molecular complexity index is 571. The zero-order valence-corrected chi connectivity index (χ0v) is 9.44. The zero-order valence-electron chi connectivity index (χ0n) is 9.44. The summed E-state index contributed by atoms with van der Waals surface area (Å²) in [5.74, 6) is -3.86. The van der Waals surface area contributed by atoms with Gasteiger partial charge in [0.05, 0.1) is 6.10 Å². The molecule has 0 radical (unpaired) electrons. The number of aryl methyl sites for hydroxylation is 1. The lowest BCUT2D eigenvalue weighted by atomic mass is 10.1. The molecule has 0 spiro atoms. The highest BCUT2D eigenvalue weighted by molar-refractivity contribution is 5.23. The molecule has 0 aliphatic heterocycles. The van der Waals surface area contributed by atoms with Crippen molar-refractivity contribution in [2.24, 2.45) is 7.05 Å². The first-order chi connectivity index (χ1) is 8.50. The van der Waals surface area contributed by atoms with Crippen molar-refractivity contribution in [3.8, 4) is 0 Å². The number of hydrogen-bond acceptors (Lipinski definition) is 3. The summed E-state index contributed by atoms with van der Waals surface area (Å²) in [5, 5.41) is 13.6. The van der Waals surface area contributed by atoms with E-state index in [1.165, 1.54) is 11.0 Å². The maximum absolute atomic E-state index is 13.4. The average molecular weight is 257 g/mol. The van der Waals surface area contributed by atoms with Gasteiger partial charge in [-0.3, -0.25) is 4.68 Å². The molecule has 18 heavy (non-hydrogen) atoms. The molecule has 0 aliphatic rings. The van der Waals surface area contributed by atoms with Crippen LogP contribution in [0.5, 0.6) is 0 Å². The highest BCUT2D eigenvalue weighted by Crippen LogP contribution is 2.23. The van der Waals surface area contributed by atoms with Crippen LogP contribution >= 0.6 is 0 Å². The number of hydrogen-bond donors (Lipinski definition) is 1. The van der Waals surface area contributed by atoms with Crippen molar-refractivity contribution in [1.82, 2.24) is 14.8 Å². The minimum Gasteiger partial charge on any atom is -0.388 e. The Morgan fingerprint density at radius 3 is 2.61 bits per heavy atom. The predicted molar refractivity (Wildman–Crippen MR) is 56.0 cm³/mol. The van der Waals surface area contributed by atoms with E-state index in [1.807, 2.05) is 0 Å². The SMILES string of the molecule is Cn1ncnc1CC(O)c1ccc(F)c(F)c1F. The number of aromatic nitrogens is 3. The Kier molecular flexibility index (Phi) is 3.33. The molecule has 2 rings (SSSR count). The molecule has 1 aromatic heterocycles. The minimum absolute atomic E-state index is 0.0432. The highest BCUT2D eigenvalue weighted by Gasteiger charge is 2.20. The number of halogens is 3. The Hall–Kier alpha value is -1.89. The molecule has 1 aromatic carbocycles. The first kappa shape index (κ1) is 12.6. The molecule has 1 N–H and O–H groups in total. The van der Waals surface area contributed by atoms with Crippen molar-refractivity contribution in [3.63, 3.8) is 0 Å². The van der Waals surface area contributed by atoms with Crippen molar-refractivity contribution in [2.45, 2.75) is 12.5 Å². The van der Waals surface area contributed by atoms with E-state index in [9.17, 15) is 18.3 Å². The summed E-state index contributed by atoms with van der Waals surface area (Å²) in [6.45, 7) is 0. The van der Waals surface area contributed by atoms with E-state index in [4.69, 9.17) is 0 Å². The predicted octanol–water partition coefficient (Wildman–Crippen LogP) is 1.51. The Balaban J connectivity index is 2.27. The normalized spacial score (nSPS) is 12.7. The van der Waals surface area contributed by atoms with E-state index in [0.29, 0.717) is 5.82 Å². The standard InChI is InChI=1S/C11H10F3N3O/c1-17-9(15-5-16-17)4-8(18)6-2-3-7(12)11(14)10(6)13/h2-3,5,8,18H,4H2,1H3. The minimum atomic E-state index is -1.59. The van der Waals surface area contributed by atoms with Gasteiger partial charge in [0.1, 0.15) is 12.2 Å². The molecule has 7 heteroatoms. The second-order valence-corrected chi connectivity index (χ2v) is 3.78. The van der Waals surface area contributed by atoms with Crippen LogP contribution in [0.15, 0.2) is 18.5 Å². The molecule has 0 bridgehead atoms. The van der Waals surface area contributed by atoms with Crippen LogP contribution in [0.4, 0.5) is 13.2 Å². The molecule has 96 valence electrons. The number of rotatable bonds is 3. The quantitative estimate of drug-likeness (QED) is 0.848. The van der Waals surface area contributed by atoms with Crippen LogP contribution in [0.3, 0.4) is 0 Å². The molecule has 1 atom stereocenters. The fourth-order valence-corrected chi connectivity index (χ4v) is 1.59. The van der Waals surface area contributed by atoms with Crippen molar-refractivity contribution >= 4 is 0 Å². The van der Waals surface area contributed by atoms with E-state index in [1.54, 1.807) is 7.05 Å². The van der Waals surface area contributed by atoms with Gasteiger partial charge in [-0.25, -0.2) is 18.2 Å². The van der Waals surface area contributed by atoms with Crippen molar-refractivity contribution in [3.05, 3.63) is 47.3 Å². The average Bonchev–Trinajstić information content (AvgIpc) is 2.72. The van der Waals surface area contributed by atoms with Crippen LogP contribution < -0.4 is 0 Å².